The number of rotatable bonds is 7. The van der Waals surface area contributed by atoms with Gasteiger partial charge in [0.05, 0.1) is 16.1 Å². The van der Waals surface area contributed by atoms with Gasteiger partial charge in [-0.2, -0.15) is 10.5 Å². The summed E-state index contributed by atoms with van der Waals surface area (Å²) in [7, 11) is 0. The summed E-state index contributed by atoms with van der Waals surface area (Å²) in [4.78, 5) is 29.5. The highest BCUT2D eigenvalue weighted by molar-refractivity contribution is 6.33. The summed E-state index contributed by atoms with van der Waals surface area (Å²) in [5, 5.41) is 34.9. The van der Waals surface area contributed by atoms with Crippen LogP contribution in [0.1, 0.15) is 25.2 Å². The van der Waals surface area contributed by atoms with Gasteiger partial charge in [-0.1, -0.05) is 58.4 Å². The molecule has 0 saturated carbocycles. The number of carbonyl (C=O) groups excluding carboxylic acids is 2. The van der Waals surface area contributed by atoms with Crippen LogP contribution in [-0.2, 0) is 0 Å². The summed E-state index contributed by atoms with van der Waals surface area (Å²) in [5.74, 6) is -2.78. The number of halogens is 4. The smallest absolute Gasteiger partial charge is 0.293 e. The summed E-state index contributed by atoms with van der Waals surface area (Å²) >= 11 is 6.57. The largest absolute Gasteiger partial charge is 0.351 e. The molecule has 0 aliphatic carbocycles. The molecule has 0 saturated heterocycles. The number of para-hydroxylation sites is 1. The highest BCUT2D eigenvalue weighted by atomic mass is 35.5. The highest BCUT2D eigenvalue weighted by Crippen LogP contribution is 2.36. The molecule has 0 unspecified atom stereocenters. The van der Waals surface area contributed by atoms with Crippen LogP contribution < -0.4 is 9.80 Å². The van der Waals surface area contributed by atoms with Crippen LogP contribution in [0.5, 0.6) is 0 Å². The topological polar surface area (TPSA) is 150 Å². The summed E-state index contributed by atoms with van der Waals surface area (Å²) in [6, 6.07) is 23.0. The molecule has 6 rings (SSSR count). The SMILES string of the molecule is CCN(C(=O)n1nnc(-c2c(F)cccc2F)c1C#N)c1ccc(-c2cc(F)c(-c3nnn(C(=O)N(CC)c4ccccc4)c3C#N)c(Cl)c2)cc1. The first kappa shape index (κ1) is 35.0. The van der Waals surface area contributed by atoms with Gasteiger partial charge in [-0.25, -0.2) is 22.8 Å². The average molecular weight is 721 g/mol. The molecule has 2 aromatic heterocycles. The maximum absolute atomic E-state index is 15.8. The van der Waals surface area contributed by atoms with E-state index >= 15 is 4.39 Å². The van der Waals surface area contributed by atoms with Crippen LogP contribution in [0.15, 0.2) is 84.9 Å². The normalized spacial score (nSPS) is 10.8. The third-order valence-corrected chi connectivity index (χ3v) is 8.37. The lowest BCUT2D eigenvalue weighted by atomic mass is 10.0. The standard InChI is InChI=1S/C36H24ClF3N10O2/c1-3-47(23-9-6-5-7-10-23)35(51)49-29(19-41)33(43-45-49)31-25(37)17-22(18-28(31)40)21-13-15-24(16-14-21)48(4-2)36(52)50-30(20-42)34(44-46-50)32-26(38)11-8-12-27(32)39/h5-18H,3-4H2,1-2H3. The maximum atomic E-state index is 15.8. The van der Waals surface area contributed by atoms with Crippen LogP contribution in [0.4, 0.5) is 34.1 Å². The fourth-order valence-electron chi connectivity index (χ4n) is 5.59. The van der Waals surface area contributed by atoms with Gasteiger partial charge in [0.15, 0.2) is 11.4 Å². The number of nitrogens with zero attached hydrogens (tertiary/aromatic N) is 10. The van der Waals surface area contributed by atoms with E-state index in [0.717, 1.165) is 22.9 Å². The van der Waals surface area contributed by atoms with E-state index in [1.54, 1.807) is 74.5 Å². The Morgan fingerprint density at radius 1 is 0.673 bits per heavy atom. The van der Waals surface area contributed by atoms with E-state index in [4.69, 9.17) is 11.6 Å². The zero-order valence-electron chi connectivity index (χ0n) is 27.3. The lowest BCUT2D eigenvalue weighted by molar-refractivity contribution is 0.244. The molecule has 0 spiro atoms. The third kappa shape index (κ3) is 6.21. The molecule has 52 heavy (non-hydrogen) atoms. The molecule has 6 aromatic rings. The Morgan fingerprint density at radius 2 is 1.17 bits per heavy atom. The van der Waals surface area contributed by atoms with Crippen LogP contribution in [0.25, 0.3) is 33.6 Å². The second-order valence-corrected chi connectivity index (χ2v) is 11.4. The van der Waals surface area contributed by atoms with Crippen LogP contribution in [0, 0.1) is 40.1 Å². The molecule has 16 heteroatoms. The first-order valence-electron chi connectivity index (χ1n) is 15.6. The van der Waals surface area contributed by atoms with Gasteiger partial charge < -0.3 is 0 Å². The lowest BCUT2D eigenvalue weighted by Crippen LogP contribution is -2.36. The number of carbonyl (C=O) groups is 2. The van der Waals surface area contributed by atoms with Gasteiger partial charge in [0.2, 0.25) is 0 Å². The lowest BCUT2D eigenvalue weighted by Gasteiger charge is -2.21. The van der Waals surface area contributed by atoms with Crippen molar-refractivity contribution in [1.29, 1.82) is 10.5 Å². The number of anilines is 2. The molecular weight excluding hydrogens is 697 g/mol. The molecule has 12 nitrogen and oxygen atoms in total. The quantitative estimate of drug-likeness (QED) is 0.163. The zero-order chi connectivity index (χ0) is 37.1. The van der Waals surface area contributed by atoms with Crippen molar-refractivity contribution >= 4 is 35.0 Å². The number of hydrogen-bond donors (Lipinski definition) is 0. The molecule has 258 valence electrons. The van der Waals surface area contributed by atoms with E-state index in [0.29, 0.717) is 27.2 Å². The van der Waals surface area contributed by atoms with Gasteiger partial charge in [0.1, 0.15) is 41.0 Å². The molecule has 2 heterocycles. The number of hydrogen-bond acceptors (Lipinski definition) is 8. The minimum atomic E-state index is -0.974. The fourth-order valence-corrected chi connectivity index (χ4v) is 5.88. The van der Waals surface area contributed by atoms with Gasteiger partial charge >= 0.3 is 12.1 Å². The molecular formula is C36H24ClF3N10O2. The van der Waals surface area contributed by atoms with Crippen molar-refractivity contribution in [2.45, 2.75) is 13.8 Å². The Balaban J connectivity index is 1.28. The van der Waals surface area contributed by atoms with E-state index in [-0.39, 0.29) is 35.1 Å². The number of aromatic nitrogens is 6. The second kappa shape index (κ2) is 14.6. The van der Waals surface area contributed by atoms with E-state index < -0.39 is 46.5 Å². The molecule has 2 amide bonds. The molecule has 0 fully saturated rings. The Labute approximate surface area is 299 Å². The van der Waals surface area contributed by atoms with Crippen molar-refractivity contribution in [3.63, 3.8) is 0 Å². The van der Waals surface area contributed by atoms with E-state index in [2.05, 4.69) is 20.6 Å². The Morgan fingerprint density at radius 3 is 1.65 bits per heavy atom. The average Bonchev–Trinajstić information content (AvgIpc) is 3.77. The van der Waals surface area contributed by atoms with Gasteiger partial charge in [0, 0.05) is 24.5 Å². The van der Waals surface area contributed by atoms with Crippen LogP contribution >= 0.6 is 11.6 Å². The van der Waals surface area contributed by atoms with Gasteiger partial charge in [-0.05, 0) is 73.5 Å². The first-order valence-corrected chi connectivity index (χ1v) is 16.0. The highest BCUT2D eigenvalue weighted by Gasteiger charge is 2.29. The van der Waals surface area contributed by atoms with Gasteiger partial charge in [-0.15, -0.1) is 19.6 Å². The molecule has 4 aromatic carbocycles. The van der Waals surface area contributed by atoms with Crippen molar-refractivity contribution in [1.82, 2.24) is 30.0 Å². The van der Waals surface area contributed by atoms with Crippen LogP contribution in [-0.4, -0.2) is 55.1 Å². The summed E-state index contributed by atoms with van der Waals surface area (Å²) in [6.45, 7) is 3.78. The number of amides is 2. The minimum Gasteiger partial charge on any atom is -0.293 e. The molecule has 0 aliphatic heterocycles. The van der Waals surface area contributed by atoms with E-state index in [1.807, 2.05) is 6.07 Å². The number of nitriles is 2. The summed E-state index contributed by atoms with van der Waals surface area (Å²) < 4.78 is 46.2. The molecule has 0 radical (unpaired) electrons. The van der Waals surface area contributed by atoms with Crippen molar-refractivity contribution < 1.29 is 22.8 Å². The summed E-state index contributed by atoms with van der Waals surface area (Å²) in [5.41, 5.74) is -0.456. The Hall–Kier alpha value is -6.84. The molecule has 0 N–H and O–H groups in total. The third-order valence-electron chi connectivity index (χ3n) is 8.07. The predicted molar refractivity (Wildman–Crippen MR) is 185 cm³/mol. The van der Waals surface area contributed by atoms with Gasteiger partial charge in [-0.3, -0.25) is 9.80 Å². The van der Waals surface area contributed by atoms with Crippen molar-refractivity contribution in [3.05, 3.63) is 119 Å². The fraction of sp³-hybridized carbons (Fsp3) is 0.111. The number of benzene rings is 4. The van der Waals surface area contributed by atoms with E-state index in [1.165, 1.54) is 21.9 Å². The van der Waals surface area contributed by atoms with Crippen LogP contribution in [0.3, 0.4) is 0 Å². The molecule has 0 atom stereocenters. The van der Waals surface area contributed by atoms with E-state index in [9.17, 15) is 28.9 Å². The van der Waals surface area contributed by atoms with Gasteiger partial charge in [0.25, 0.3) is 0 Å². The molecule has 0 aliphatic rings. The van der Waals surface area contributed by atoms with Crippen molar-refractivity contribution in [2.75, 3.05) is 22.9 Å². The van der Waals surface area contributed by atoms with Crippen LogP contribution in [0.2, 0.25) is 5.02 Å². The Bertz CT molecular complexity index is 2370. The maximum Gasteiger partial charge on any atom is 0.351 e. The predicted octanol–water partition coefficient (Wildman–Crippen LogP) is 7.67. The molecule has 0 bridgehead atoms. The van der Waals surface area contributed by atoms with Crippen molar-refractivity contribution in [2.24, 2.45) is 0 Å². The first-order chi connectivity index (χ1) is 25.1. The minimum absolute atomic E-state index is 0.104. The zero-order valence-corrected chi connectivity index (χ0v) is 28.1. The monoisotopic (exact) mass is 720 g/mol. The Kier molecular flexibility index (Phi) is 9.80. The summed E-state index contributed by atoms with van der Waals surface area (Å²) in [6.07, 6.45) is 0. The van der Waals surface area contributed by atoms with Crippen molar-refractivity contribution in [3.8, 4) is 45.8 Å². The second-order valence-electron chi connectivity index (χ2n) is 11.0.